The van der Waals surface area contributed by atoms with Gasteiger partial charge in [0.2, 0.25) is 0 Å². The number of hydrogen-bond acceptors (Lipinski definition) is 3. The van der Waals surface area contributed by atoms with Gasteiger partial charge in [-0.1, -0.05) is 11.2 Å². The van der Waals surface area contributed by atoms with Crippen LogP contribution in [-0.4, -0.2) is 27.1 Å². The van der Waals surface area contributed by atoms with E-state index in [0.717, 1.165) is 18.0 Å². The predicted molar refractivity (Wildman–Crippen MR) is 41.1 cm³/mol. The molecule has 10 heavy (non-hydrogen) atoms. The molecule has 0 aromatic carbocycles. The van der Waals surface area contributed by atoms with Gasteiger partial charge in [0.1, 0.15) is 0 Å². The third-order valence-electron chi connectivity index (χ3n) is 1.73. The van der Waals surface area contributed by atoms with Gasteiger partial charge in [-0.3, -0.25) is 0 Å². The highest BCUT2D eigenvalue weighted by molar-refractivity contribution is 8.00. The van der Waals surface area contributed by atoms with E-state index in [1.807, 2.05) is 22.9 Å². The van der Waals surface area contributed by atoms with Gasteiger partial charge in [-0.25, -0.2) is 0 Å². The Hall–Kier alpha value is -0.640. The van der Waals surface area contributed by atoms with Crippen LogP contribution in [0, 0.1) is 0 Å². The van der Waals surface area contributed by atoms with E-state index in [-0.39, 0.29) is 0 Å². The van der Waals surface area contributed by atoms with Gasteiger partial charge in [0.25, 0.3) is 0 Å². The number of rotatable bonds is 0. The molecular weight excluding hydrogens is 148 g/mol. The molecule has 2 heterocycles. The third-order valence-corrected chi connectivity index (χ3v) is 2.90. The third kappa shape index (κ3) is 0.718. The van der Waals surface area contributed by atoms with Crippen LogP contribution in [-0.2, 0) is 0 Å². The molecule has 1 atom stereocenters. The van der Waals surface area contributed by atoms with Gasteiger partial charge in [0.15, 0.2) is 5.84 Å². The largest absolute Gasteiger partial charge is 0.409 e. The molecule has 0 bridgehead atoms. The van der Waals surface area contributed by atoms with Crippen molar-refractivity contribution < 1.29 is 5.21 Å². The maximum Gasteiger partial charge on any atom is 0.152 e. The summed E-state index contributed by atoms with van der Waals surface area (Å²) in [5, 5.41) is 12.1. The molecule has 0 amide bonds. The van der Waals surface area contributed by atoms with Crippen molar-refractivity contribution in [1.82, 2.24) is 4.90 Å². The molecule has 0 radical (unpaired) electrons. The fraction of sp³-hybridized carbons (Fsp3) is 0.500. The van der Waals surface area contributed by atoms with Crippen molar-refractivity contribution >= 4 is 17.6 Å². The molecule has 54 valence electrons. The standard InChI is InChI=1S/C6H8N2OS/c9-7-5-4-6-8(5)2-1-3-10-6/h1-2,6,9H,3-4H2. The number of thioether (sulfide) groups is 1. The molecule has 0 aromatic rings. The van der Waals surface area contributed by atoms with Crippen LogP contribution in [0.5, 0.6) is 0 Å². The monoisotopic (exact) mass is 156 g/mol. The van der Waals surface area contributed by atoms with Crippen LogP contribution in [0.4, 0.5) is 0 Å². The summed E-state index contributed by atoms with van der Waals surface area (Å²) in [5.74, 6) is 1.87. The Morgan fingerprint density at radius 3 is 3.40 bits per heavy atom. The van der Waals surface area contributed by atoms with Crippen molar-refractivity contribution in [1.29, 1.82) is 0 Å². The molecule has 1 unspecified atom stereocenters. The minimum absolute atomic E-state index is 0.538. The van der Waals surface area contributed by atoms with Crippen LogP contribution in [0.1, 0.15) is 6.42 Å². The van der Waals surface area contributed by atoms with Crippen LogP contribution in [0.3, 0.4) is 0 Å². The molecular formula is C6H8N2OS. The van der Waals surface area contributed by atoms with Crippen molar-refractivity contribution in [2.75, 3.05) is 5.75 Å². The lowest BCUT2D eigenvalue weighted by Gasteiger charge is -2.41. The highest BCUT2D eigenvalue weighted by Crippen LogP contribution is 2.33. The summed E-state index contributed by atoms with van der Waals surface area (Å²) in [7, 11) is 0. The Labute approximate surface area is 63.4 Å². The average Bonchev–Trinajstić information content (AvgIpc) is 1.92. The number of fused-ring (bicyclic) bond motifs is 1. The Bertz CT molecular complexity index is 202. The summed E-state index contributed by atoms with van der Waals surface area (Å²) in [5.41, 5.74) is 0. The van der Waals surface area contributed by atoms with Crippen molar-refractivity contribution in [3.8, 4) is 0 Å². The second kappa shape index (κ2) is 2.20. The van der Waals surface area contributed by atoms with E-state index in [9.17, 15) is 0 Å². The summed E-state index contributed by atoms with van der Waals surface area (Å²) < 4.78 is 0. The number of amidine groups is 1. The van der Waals surface area contributed by atoms with Crippen LogP contribution >= 0.6 is 11.8 Å². The molecule has 2 aliphatic heterocycles. The first-order chi connectivity index (χ1) is 4.92. The molecule has 0 aliphatic carbocycles. The second-order valence-corrected chi connectivity index (χ2v) is 3.51. The average molecular weight is 156 g/mol. The molecule has 2 rings (SSSR count). The number of hydrogen-bond donors (Lipinski definition) is 1. The topological polar surface area (TPSA) is 35.8 Å². The van der Waals surface area contributed by atoms with Crippen LogP contribution in [0.25, 0.3) is 0 Å². The Kier molecular flexibility index (Phi) is 1.34. The summed E-state index contributed by atoms with van der Waals surface area (Å²) in [6.07, 6.45) is 4.97. The van der Waals surface area contributed by atoms with Crippen molar-refractivity contribution in [2.45, 2.75) is 11.8 Å². The zero-order valence-corrected chi connectivity index (χ0v) is 6.21. The van der Waals surface area contributed by atoms with E-state index in [0.29, 0.717) is 5.37 Å². The summed E-state index contributed by atoms with van der Waals surface area (Å²) in [6.45, 7) is 0. The Morgan fingerprint density at radius 1 is 1.80 bits per heavy atom. The first-order valence-corrected chi connectivity index (χ1v) is 4.24. The molecule has 4 heteroatoms. The van der Waals surface area contributed by atoms with Crippen molar-refractivity contribution in [2.24, 2.45) is 5.16 Å². The predicted octanol–water partition coefficient (Wildman–Crippen LogP) is 1.07. The minimum Gasteiger partial charge on any atom is -0.409 e. The SMILES string of the molecule is ON=C1CC2SCC=CN12. The zero-order chi connectivity index (χ0) is 6.97. The Balaban J connectivity index is 2.14. The zero-order valence-electron chi connectivity index (χ0n) is 5.40. The summed E-state index contributed by atoms with van der Waals surface area (Å²) in [6, 6.07) is 0. The lowest BCUT2D eigenvalue weighted by Crippen LogP contribution is -2.48. The van der Waals surface area contributed by atoms with Gasteiger partial charge < -0.3 is 10.1 Å². The molecule has 0 aromatic heterocycles. The molecule has 1 N–H and O–H groups in total. The van der Waals surface area contributed by atoms with Gasteiger partial charge in [-0.2, -0.15) is 0 Å². The fourth-order valence-electron chi connectivity index (χ4n) is 1.15. The maximum atomic E-state index is 8.43. The lowest BCUT2D eigenvalue weighted by molar-refractivity contribution is 0.289. The Morgan fingerprint density at radius 2 is 2.70 bits per heavy atom. The van der Waals surface area contributed by atoms with E-state index in [2.05, 4.69) is 11.2 Å². The van der Waals surface area contributed by atoms with Crippen LogP contribution in [0.15, 0.2) is 17.4 Å². The van der Waals surface area contributed by atoms with E-state index >= 15 is 0 Å². The molecule has 0 saturated carbocycles. The van der Waals surface area contributed by atoms with Crippen molar-refractivity contribution in [3.63, 3.8) is 0 Å². The molecule has 3 nitrogen and oxygen atoms in total. The van der Waals surface area contributed by atoms with E-state index in [1.165, 1.54) is 0 Å². The fourth-order valence-corrected chi connectivity index (χ4v) is 2.19. The van der Waals surface area contributed by atoms with Crippen LogP contribution < -0.4 is 0 Å². The summed E-state index contributed by atoms with van der Waals surface area (Å²) >= 11 is 1.88. The quantitative estimate of drug-likeness (QED) is 0.421. The smallest absolute Gasteiger partial charge is 0.152 e. The van der Waals surface area contributed by atoms with Gasteiger partial charge in [-0.05, 0) is 0 Å². The first kappa shape index (κ1) is 6.09. The maximum absolute atomic E-state index is 8.43. The molecule has 2 aliphatic rings. The number of oxime groups is 1. The first-order valence-electron chi connectivity index (χ1n) is 3.19. The highest BCUT2D eigenvalue weighted by Gasteiger charge is 2.34. The molecule has 0 spiro atoms. The highest BCUT2D eigenvalue weighted by atomic mass is 32.2. The van der Waals surface area contributed by atoms with Crippen molar-refractivity contribution in [3.05, 3.63) is 12.3 Å². The van der Waals surface area contributed by atoms with Gasteiger partial charge >= 0.3 is 0 Å². The number of nitrogens with zero attached hydrogens (tertiary/aromatic N) is 2. The van der Waals surface area contributed by atoms with Gasteiger partial charge in [0, 0.05) is 18.4 Å². The van der Waals surface area contributed by atoms with E-state index in [4.69, 9.17) is 5.21 Å². The minimum atomic E-state index is 0.538. The lowest BCUT2D eigenvalue weighted by atomic mass is 10.2. The van der Waals surface area contributed by atoms with Gasteiger partial charge in [-0.15, -0.1) is 11.8 Å². The van der Waals surface area contributed by atoms with Crippen LogP contribution in [0.2, 0.25) is 0 Å². The van der Waals surface area contributed by atoms with E-state index in [1.54, 1.807) is 0 Å². The summed E-state index contributed by atoms with van der Waals surface area (Å²) in [4.78, 5) is 1.99. The van der Waals surface area contributed by atoms with E-state index < -0.39 is 0 Å². The molecule has 1 saturated heterocycles. The normalized spacial score (nSPS) is 33.8. The van der Waals surface area contributed by atoms with Gasteiger partial charge in [0.05, 0.1) is 5.37 Å². The second-order valence-electron chi connectivity index (χ2n) is 2.30. The molecule has 1 fully saturated rings.